The Labute approximate surface area is 110 Å². The van der Waals surface area contributed by atoms with E-state index in [2.05, 4.69) is 10.6 Å². The van der Waals surface area contributed by atoms with Gasteiger partial charge in [-0.15, -0.1) is 0 Å². The Balaban J connectivity index is 2.63. The maximum absolute atomic E-state index is 11.6. The zero-order valence-corrected chi connectivity index (χ0v) is 10.6. The van der Waals surface area contributed by atoms with Gasteiger partial charge in [-0.1, -0.05) is 19.1 Å². The Morgan fingerprint density at radius 3 is 2.58 bits per heavy atom. The number of carboxylic acid groups (broad SMARTS) is 1. The van der Waals surface area contributed by atoms with Crippen molar-refractivity contribution in [3.05, 3.63) is 35.4 Å². The SMILES string of the molecule is CCC(=O)NCc1cccc(C(=O)NCC(=O)O)c1. The molecule has 102 valence electrons. The molecule has 0 aliphatic carbocycles. The quantitative estimate of drug-likeness (QED) is 0.698. The molecule has 0 radical (unpaired) electrons. The van der Waals surface area contributed by atoms with Crippen molar-refractivity contribution in [3.8, 4) is 0 Å². The van der Waals surface area contributed by atoms with Crippen LogP contribution in [0.3, 0.4) is 0 Å². The van der Waals surface area contributed by atoms with Gasteiger partial charge >= 0.3 is 5.97 Å². The molecule has 0 aliphatic heterocycles. The van der Waals surface area contributed by atoms with E-state index in [0.717, 1.165) is 5.56 Å². The Hall–Kier alpha value is -2.37. The fourth-order valence-corrected chi connectivity index (χ4v) is 1.41. The first-order valence-corrected chi connectivity index (χ1v) is 5.88. The molecule has 1 aromatic rings. The van der Waals surface area contributed by atoms with Crippen LogP contribution in [0, 0.1) is 0 Å². The summed E-state index contributed by atoms with van der Waals surface area (Å²) in [5.41, 5.74) is 1.15. The number of aliphatic carboxylic acids is 1. The van der Waals surface area contributed by atoms with Crippen LogP contribution < -0.4 is 10.6 Å². The minimum atomic E-state index is -1.10. The lowest BCUT2D eigenvalue weighted by Gasteiger charge is -2.06. The van der Waals surface area contributed by atoms with Crippen molar-refractivity contribution in [3.63, 3.8) is 0 Å². The van der Waals surface area contributed by atoms with Crippen LogP contribution in [-0.2, 0) is 16.1 Å². The van der Waals surface area contributed by atoms with Gasteiger partial charge in [-0.25, -0.2) is 0 Å². The number of rotatable bonds is 6. The summed E-state index contributed by atoms with van der Waals surface area (Å²) < 4.78 is 0. The molecule has 0 atom stereocenters. The number of carbonyl (C=O) groups is 3. The predicted molar refractivity (Wildman–Crippen MR) is 68.5 cm³/mol. The Morgan fingerprint density at radius 1 is 1.21 bits per heavy atom. The van der Waals surface area contributed by atoms with Crippen molar-refractivity contribution in [1.82, 2.24) is 10.6 Å². The number of nitrogens with one attached hydrogen (secondary N) is 2. The molecule has 0 heterocycles. The van der Waals surface area contributed by atoms with Crippen LogP contribution in [0.25, 0.3) is 0 Å². The average molecular weight is 264 g/mol. The first-order chi connectivity index (χ1) is 9.02. The van der Waals surface area contributed by atoms with Gasteiger partial charge < -0.3 is 15.7 Å². The molecule has 6 nitrogen and oxygen atoms in total. The minimum Gasteiger partial charge on any atom is -0.480 e. The molecule has 0 spiro atoms. The predicted octanol–water partition coefficient (Wildman–Crippen LogP) is 0.527. The Bertz CT molecular complexity index is 485. The molecule has 3 N–H and O–H groups in total. The van der Waals surface area contributed by atoms with E-state index in [1.807, 2.05) is 0 Å². The van der Waals surface area contributed by atoms with Gasteiger partial charge in [-0.3, -0.25) is 14.4 Å². The van der Waals surface area contributed by atoms with Gasteiger partial charge in [-0.2, -0.15) is 0 Å². The highest BCUT2D eigenvalue weighted by molar-refractivity contribution is 5.95. The lowest BCUT2D eigenvalue weighted by atomic mass is 10.1. The summed E-state index contributed by atoms with van der Waals surface area (Å²) >= 11 is 0. The first kappa shape index (κ1) is 14.7. The molecule has 1 rings (SSSR count). The molecule has 0 saturated heterocycles. The summed E-state index contributed by atoms with van der Waals surface area (Å²) in [7, 11) is 0. The van der Waals surface area contributed by atoms with Gasteiger partial charge in [0.25, 0.3) is 5.91 Å². The van der Waals surface area contributed by atoms with E-state index >= 15 is 0 Å². The number of hydrogen-bond acceptors (Lipinski definition) is 3. The Kier molecular flexibility index (Phi) is 5.53. The third-order valence-electron chi connectivity index (χ3n) is 2.40. The van der Waals surface area contributed by atoms with Crippen LogP contribution >= 0.6 is 0 Å². The van der Waals surface area contributed by atoms with Gasteiger partial charge in [0.1, 0.15) is 6.54 Å². The molecule has 6 heteroatoms. The van der Waals surface area contributed by atoms with Gasteiger partial charge in [0.2, 0.25) is 5.91 Å². The van der Waals surface area contributed by atoms with Crippen molar-refractivity contribution in [2.75, 3.05) is 6.54 Å². The van der Waals surface area contributed by atoms with Crippen LogP contribution in [0.4, 0.5) is 0 Å². The molecule has 2 amide bonds. The summed E-state index contributed by atoms with van der Waals surface area (Å²) in [6.45, 7) is 1.67. The average Bonchev–Trinajstić information content (AvgIpc) is 2.42. The highest BCUT2D eigenvalue weighted by atomic mass is 16.4. The van der Waals surface area contributed by atoms with E-state index in [1.54, 1.807) is 31.2 Å². The number of amides is 2. The van der Waals surface area contributed by atoms with E-state index in [1.165, 1.54) is 0 Å². The number of carboxylic acids is 1. The van der Waals surface area contributed by atoms with E-state index in [-0.39, 0.29) is 5.91 Å². The Morgan fingerprint density at radius 2 is 1.95 bits per heavy atom. The largest absolute Gasteiger partial charge is 0.480 e. The van der Waals surface area contributed by atoms with E-state index < -0.39 is 18.4 Å². The van der Waals surface area contributed by atoms with Gasteiger partial charge in [0.05, 0.1) is 0 Å². The molecule has 19 heavy (non-hydrogen) atoms. The third-order valence-corrected chi connectivity index (χ3v) is 2.40. The van der Waals surface area contributed by atoms with Crippen molar-refractivity contribution >= 4 is 17.8 Å². The van der Waals surface area contributed by atoms with Crippen molar-refractivity contribution < 1.29 is 19.5 Å². The third kappa shape index (κ3) is 5.20. The maximum Gasteiger partial charge on any atom is 0.322 e. The number of benzene rings is 1. The van der Waals surface area contributed by atoms with Crippen LogP contribution in [0.5, 0.6) is 0 Å². The highest BCUT2D eigenvalue weighted by Crippen LogP contribution is 2.05. The molecule has 0 aliphatic rings. The molecule has 0 fully saturated rings. The summed E-state index contributed by atoms with van der Waals surface area (Å²) in [5, 5.41) is 13.5. The summed E-state index contributed by atoms with van der Waals surface area (Å²) in [4.78, 5) is 33.1. The molecule has 0 saturated carbocycles. The number of hydrogen-bond donors (Lipinski definition) is 3. The zero-order chi connectivity index (χ0) is 14.3. The molecule has 0 aromatic heterocycles. The topological polar surface area (TPSA) is 95.5 Å². The van der Waals surface area contributed by atoms with E-state index in [4.69, 9.17) is 5.11 Å². The highest BCUT2D eigenvalue weighted by Gasteiger charge is 2.07. The van der Waals surface area contributed by atoms with Crippen LogP contribution in [0.1, 0.15) is 29.3 Å². The standard InChI is InChI=1S/C13H16N2O4/c1-2-11(16)14-7-9-4-3-5-10(6-9)13(19)15-8-12(17)18/h3-6H,2,7-8H2,1H3,(H,14,16)(H,15,19)(H,17,18). The van der Waals surface area contributed by atoms with E-state index in [9.17, 15) is 14.4 Å². The first-order valence-electron chi connectivity index (χ1n) is 5.88. The lowest BCUT2D eigenvalue weighted by Crippen LogP contribution is -2.29. The fraction of sp³-hybridized carbons (Fsp3) is 0.308. The van der Waals surface area contributed by atoms with E-state index in [0.29, 0.717) is 18.5 Å². The minimum absolute atomic E-state index is 0.0688. The second-order valence-corrected chi connectivity index (χ2v) is 3.91. The van der Waals surface area contributed by atoms with Crippen molar-refractivity contribution in [2.24, 2.45) is 0 Å². The molecule has 0 unspecified atom stereocenters. The lowest BCUT2D eigenvalue weighted by molar-refractivity contribution is -0.135. The smallest absolute Gasteiger partial charge is 0.322 e. The molecule has 0 bridgehead atoms. The van der Waals surface area contributed by atoms with Crippen LogP contribution in [-0.4, -0.2) is 29.4 Å². The zero-order valence-electron chi connectivity index (χ0n) is 10.6. The fourth-order valence-electron chi connectivity index (χ4n) is 1.41. The van der Waals surface area contributed by atoms with Gasteiger partial charge in [0.15, 0.2) is 0 Å². The summed E-state index contributed by atoms with van der Waals surface area (Å²) in [5.74, 6) is -1.62. The van der Waals surface area contributed by atoms with Crippen molar-refractivity contribution in [1.29, 1.82) is 0 Å². The molecular weight excluding hydrogens is 248 g/mol. The van der Waals surface area contributed by atoms with Gasteiger partial charge in [0, 0.05) is 18.5 Å². The van der Waals surface area contributed by atoms with Crippen molar-refractivity contribution in [2.45, 2.75) is 19.9 Å². The normalized spacial score (nSPS) is 9.74. The molecule has 1 aromatic carbocycles. The summed E-state index contributed by atoms with van der Waals surface area (Å²) in [6, 6.07) is 6.67. The number of carbonyl (C=O) groups excluding carboxylic acids is 2. The molecular formula is C13H16N2O4. The van der Waals surface area contributed by atoms with Gasteiger partial charge in [-0.05, 0) is 17.7 Å². The summed E-state index contributed by atoms with van der Waals surface area (Å²) in [6.07, 6.45) is 0.402. The van der Waals surface area contributed by atoms with Crippen LogP contribution in [0.15, 0.2) is 24.3 Å². The van der Waals surface area contributed by atoms with Crippen LogP contribution in [0.2, 0.25) is 0 Å². The second-order valence-electron chi connectivity index (χ2n) is 3.91. The monoisotopic (exact) mass is 264 g/mol. The maximum atomic E-state index is 11.6. The second kappa shape index (κ2) is 7.15.